The quantitative estimate of drug-likeness (QED) is 0.481. The van der Waals surface area contributed by atoms with Gasteiger partial charge in [-0.3, -0.25) is 0 Å². The number of rotatable bonds is 2. The molecule has 0 aromatic heterocycles. The Kier molecular flexibility index (Phi) is 2.38. The van der Waals surface area contributed by atoms with E-state index in [0.717, 1.165) is 12.3 Å². The summed E-state index contributed by atoms with van der Waals surface area (Å²) in [4.78, 5) is 11.2. The molecule has 0 saturated heterocycles. The Morgan fingerprint density at radius 1 is 1.38 bits per heavy atom. The van der Waals surface area contributed by atoms with Crippen LogP contribution in [0.15, 0.2) is 12.2 Å². The van der Waals surface area contributed by atoms with Gasteiger partial charge in [0.1, 0.15) is 6.10 Å². The van der Waals surface area contributed by atoms with Gasteiger partial charge in [0.25, 0.3) is 0 Å². The van der Waals surface area contributed by atoms with Crippen LogP contribution in [0.1, 0.15) is 32.6 Å². The molecular weight excluding hydrogens is 164 g/mol. The Hall–Kier alpha value is -0.790. The first-order valence-corrected chi connectivity index (χ1v) is 5.13. The maximum Gasteiger partial charge on any atom is 0.330 e. The fourth-order valence-electron chi connectivity index (χ4n) is 2.66. The monoisotopic (exact) mass is 180 g/mol. The van der Waals surface area contributed by atoms with Crippen molar-refractivity contribution in [2.45, 2.75) is 38.7 Å². The molecule has 2 heteroatoms. The normalized spacial score (nSPS) is 37.2. The van der Waals surface area contributed by atoms with Crippen LogP contribution in [0.5, 0.6) is 0 Å². The lowest BCUT2D eigenvalue weighted by Gasteiger charge is -2.20. The predicted molar refractivity (Wildman–Crippen MR) is 50.1 cm³/mol. The van der Waals surface area contributed by atoms with Crippen LogP contribution in [0.3, 0.4) is 0 Å². The second-order valence-electron chi connectivity index (χ2n) is 4.15. The molecule has 0 radical (unpaired) electrons. The van der Waals surface area contributed by atoms with Crippen LogP contribution >= 0.6 is 0 Å². The summed E-state index contributed by atoms with van der Waals surface area (Å²) in [5, 5.41) is 0. The number of hydrogen-bond acceptors (Lipinski definition) is 2. The molecule has 13 heavy (non-hydrogen) atoms. The van der Waals surface area contributed by atoms with Crippen molar-refractivity contribution in [2.75, 3.05) is 0 Å². The number of fused-ring (bicyclic) bond motifs is 2. The highest BCUT2D eigenvalue weighted by atomic mass is 16.5. The van der Waals surface area contributed by atoms with Crippen molar-refractivity contribution in [1.82, 2.24) is 0 Å². The third-order valence-corrected chi connectivity index (χ3v) is 3.24. The number of carbonyl (C=O) groups excluding carboxylic acids is 1. The zero-order valence-corrected chi connectivity index (χ0v) is 8.03. The molecule has 2 nitrogen and oxygen atoms in total. The summed E-state index contributed by atoms with van der Waals surface area (Å²) in [5.74, 6) is 1.34. The van der Waals surface area contributed by atoms with Gasteiger partial charge in [0.15, 0.2) is 0 Å². The van der Waals surface area contributed by atoms with E-state index >= 15 is 0 Å². The van der Waals surface area contributed by atoms with Crippen molar-refractivity contribution in [1.29, 1.82) is 0 Å². The van der Waals surface area contributed by atoms with Crippen LogP contribution in [0.2, 0.25) is 0 Å². The maximum absolute atomic E-state index is 11.2. The third kappa shape index (κ3) is 1.77. The van der Waals surface area contributed by atoms with Crippen LogP contribution in [0.4, 0.5) is 0 Å². The molecule has 3 atom stereocenters. The van der Waals surface area contributed by atoms with Gasteiger partial charge in [0.05, 0.1) is 0 Å². The van der Waals surface area contributed by atoms with Crippen LogP contribution in [0.25, 0.3) is 0 Å². The van der Waals surface area contributed by atoms with Gasteiger partial charge >= 0.3 is 5.97 Å². The van der Waals surface area contributed by atoms with Gasteiger partial charge in [-0.25, -0.2) is 4.79 Å². The average molecular weight is 180 g/mol. The Balaban J connectivity index is 1.86. The molecule has 2 aliphatic rings. The number of hydrogen-bond donors (Lipinski definition) is 0. The molecule has 0 heterocycles. The van der Waals surface area contributed by atoms with E-state index in [4.69, 9.17) is 4.74 Å². The molecule has 72 valence electrons. The summed E-state index contributed by atoms with van der Waals surface area (Å²) < 4.78 is 5.36. The minimum Gasteiger partial charge on any atom is -0.459 e. The lowest BCUT2D eigenvalue weighted by atomic mass is 9.98. The number of esters is 1. The highest BCUT2D eigenvalue weighted by molar-refractivity contribution is 5.81. The lowest BCUT2D eigenvalue weighted by molar-refractivity contribution is -0.145. The van der Waals surface area contributed by atoms with Crippen molar-refractivity contribution in [3.05, 3.63) is 12.2 Å². The molecule has 2 aliphatic carbocycles. The van der Waals surface area contributed by atoms with Crippen molar-refractivity contribution in [3.63, 3.8) is 0 Å². The van der Waals surface area contributed by atoms with Gasteiger partial charge in [0, 0.05) is 6.08 Å². The Labute approximate surface area is 79.0 Å². The Bertz CT molecular complexity index is 232. The molecule has 2 fully saturated rings. The fourth-order valence-corrected chi connectivity index (χ4v) is 2.66. The largest absolute Gasteiger partial charge is 0.459 e. The van der Waals surface area contributed by atoms with Crippen molar-refractivity contribution in [3.8, 4) is 0 Å². The molecule has 2 saturated carbocycles. The minimum atomic E-state index is -0.167. The third-order valence-electron chi connectivity index (χ3n) is 3.24. The van der Waals surface area contributed by atoms with Crippen LogP contribution in [-0.4, -0.2) is 12.1 Å². The lowest BCUT2D eigenvalue weighted by Crippen LogP contribution is -2.22. The summed E-state index contributed by atoms with van der Waals surface area (Å²) in [6.45, 7) is 1.84. The zero-order chi connectivity index (χ0) is 9.26. The number of ether oxygens (including phenoxy) is 1. The van der Waals surface area contributed by atoms with E-state index in [2.05, 4.69) is 0 Å². The van der Waals surface area contributed by atoms with Gasteiger partial charge in [-0.2, -0.15) is 0 Å². The highest BCUT2D eigenvalue weighted by Gasteiger charge is 2.41. The van der Waals surface area contributed by atoms with Crippen molar-refractivity contribution >= 4 is 5.97 Å². The van der Waals surface area contributed by atoms with Crippen LogP contribution in [0, 0.1) is 11.8 Å². The molecule has 0 aromatic rings. The molecule has 0 spiro atoms. The Morgan fingerprint density at radius 2 is 2.23 bits per heavy atom. The molecule has 0 aliphatic heterocycles. The summed E-state index contributed by atoms with van der Waals surface area (Å²) in [6, 6.07) is 0. The summed E-state index contributed by atoms with van der Waals surface area (Å²) in [5.41, 5.74) is 0. The van der Waals surface area contributed by atoms with E-state index < -0.39 is 0 Å². The number of allylic oxidation sites excluding steroid dienone is 1. The van der Waals surface area contributed by atoms with E-state index in [0.29, 0.717) is 5.92 Å². The van der Waals surface area contributed by atoms with Crippen LogP contribution in [-0.2, 0) is 9.53 Å². The molecule has 0 amide bonds. The highest BCUT2D eigenvalue weighted by Crippen LogP contribution is 2.45. The minimum absolute atomic E-state index is 0.167. The van der Waals surface area contributed by atoms with E-state index in [9.17, 15) is 4.79 Å². The second kappa shape index (κ2) is 3.52. The molecule has 2 bridgehead atoms. The summed E-state index contributed by atoms with van der Waals surface area (Å²) in [7, 11) is 0. The summed E-state index contributed by atoms with van der Waals surface area (Å²) in [6.07, 6.45) is 8.46. The average Bonchev–Trinajstić information content (AvgIpc) is 2.65. The van der Waals surface area contributed by atoms with Crippen LogP contribution < -0.4 is 0 Å². The Morgan fingerprint density at radius 3 is 2.77 bits per heavy atom. The fraction of sp³-hybridized carbons (Fsp3) is 0.727. The van der Waals surface area contributed by atoms with E-state index in [1.807, 2.05) is 6.92 Å². The molecule has 3 unspecified atom stereocenters. The first-order valence-electron chi connectivity index (χ1n) is 5.13. The van der Waals surface area contributed by atoms with Gasteiger partial charge in [-0.05, 0) is 44.4 Å². The molecule has 2 rings (SSSR count). The second-order valence-corrected chi connectivity index (χ2v) is 4.15. The zero-order valence-electron chi connectivity index (χ0n) is 8.03. The van der Waals surface area contributed by atoms with E-state index in [1.54, 1.807) is 6.08 Å². The van der Waals surface area contributed by atoms with Gasteiger partial charge in [0.2, 0.25) is 0 Å². The van der Waals surface area contributed by atoms with E-state index in [1.165, 1.54) is 25.3 Å². The standard InChI is InChI=1S/C11H16O2/c1-2-3-11(12)13-10-7-8-4-5-9(10)6-8/h2-3,8-10H,4-7H2,1H3. The smallest absolute Gasteiger partial charge is 0.330 e. The van der Waals surface area contributed by atoms with Gasteiger partial charge in [-0.1, -0.05) is 6.08 Å². The first kappa shape index (κ1) is 8.79. The summed E-state index contributed by atoms with van der Waals surface area (Å²) >= 11 is 0. The van der Waals surface area contributed by atoms with Gasteiger partial charge < -0.3 is 4.74 Å². The number of carbonyl (C=O) groups is 1. The predicted octanol–water partition coefficient (Wildman–Crippen LogP) is 2.29. The molecule has 0 N–H and O–H groups in total. The van der Waals surface area contributed by atoms with Crippen molar-refractivity contribution < 1.29 is 9.53 Å². The molecule has 0 aromatic carbocycles. The van der Waals surface area contributed by atoms with Gasteiger partial charge in [-0.15, -0.1) is 0 Å². The first-order chi connectivity index (χ1) is 6.29. The van der Waals surface area contributed by atoms with Crippen molar-refractivity contribution in [2.24, 2.45) is 11.8 Å². The van der Waals surface area contributed by atoms with E-state index in [-0.39, 0.29) is 12.1 Å². The topological polar surface area (TPSA) is 26.3 Å². The SMILES string of the molecule is CC=CC(=O)OC1CC2CCC1C2. The maximum atomic E-state index is 11.2. The molecular formula is C11H16O2.